The van der Waals surface area contributed by atoms with Gasteiger partial charge in [0, 0.05) is 30.0 Å². The Hall–Kier alpha value is -3.17. The number of non-ortho nitro benzene ring substituents is 1. The van der Waals surface area contributed by atoms with Gasteiger partial charge in [0.2, 0.25) is 9.84 Å². The zero-order valence-corrected chi connectivity index (χ0v) is 16.6. The Morgan fingerprint density at radius 3 is 2.90 bits per heavy atom. The van der Waals surface area contributed by atoms with E-state index in [-0.39, 0.29) is 23.7 Å². The van der Waals surface area contributed by atoms with Crippen molar-refractivity contribution < 1.29 is 13.3 Å². The van der Waals surface area contributed by atoms with Gasteiger partial charge in [0.05, 0.1) is 16.2 Å². The minimum atomic E-state index is -3.74. The number of nitrogens with one attached hydrogen (secondary N) is 1. The Balaban J connectivity index is 1.96. The van der Waals surface area contributed by atoms with Crippen molar-refractivity contribution in [2.45, 2.75) is 30.9 Å². The normalized spacial score (nSPS) is 21.3. The Kier molecular flexibility index (Phi) is 5.71. The molecule has 0 aromatic heterocycles. The highest BCUT2D eigenvalue weighted by atomic mass is 32.2. The zero-order valence-electron chi connectivity index (χ0n) is 15.8. The summed E-state index contributed by atoms with van der Waals surface area (Å²) in [5.74, 6) is 0. The van der Waals surface area contributed by atoms with Crippen molar-refractivity contribution in [2.24, 2.45) is 10.2 Å². The van der Waals surface area contributed by atoms with Crippen molar-refractivity contribution >= 4 is 20.6 Å². The molecule has 0 bridgehead atoms. The number of hydrogen-bond acceptors (Lipinski definition) is 7. The van der Waals surface area contributed by atoms with Crippen LogP contribution in [0, 0.1) is 10.1 Å². The van der Waals surface area contributed by atoms with Gasteiger partial charge in [0.15, 0.2) is 5.04 Å². The molecule has 0 spiro atoms. The van der Waals surface area contributed by atoms with Crippen molar-refractivity contribution in [3.05, 3.63) is 73.7 Å². The molecule has 2 aliphatic rings. The standard InChI is InChI=1S/C18H20N6O4S/c1-18(29(27,28)17-5-6-20-22-17)10-14(8-15(11-18)12-21-23-19)7-13-3-2-4-16(9-13)24(25)26/h2-4,8-9,11,20H,5-7,10,12H2,1H3. The number of rotatable bonds is 6. The predicted octanol–water partition coefficient (Wildman–Crippen LogP) is 3.18. The maximum Gasteiger partial charge on any atom is 0.269 e. The molecule has 1 N–H and O–H groups in total. The second-order valence-corrected chi connectivity index (χ2v) is 9.58. The second kappa shape index (κ2) is 8.06. The van der Waals surface area contributed by atoms with Gasteiger partial charge >= 0.3 is 0 Å². The largest absolute Gasteiger partial charge is 0.309 e. The molecule has 3 rings (SSSR count). The lowest BCUT2D eigenvalue weighted by atomic mass is 9.87. The lowest BCUT2D eigenvalue weighted by molar-refractivity contribution is -0.384. The summed E-state index contributed by atoms with van der Waals surface area (Å²) in [4.78, 5) is 13.3. The van der Waals surface area contributed by atoms with Gasteiger partial charge in [0.25, 0.3) is 5.69 Å². The SMILES string of the molecule is CC1(S(=O)(=O)C2=NNCC2)C=C(CN=[N+]=[N-])C=C(Cc2cccc([N+](=O)[O-])c2)C1. The first-order chi connectivity index (χ1) is 13.7. The summed E-state index contributed by atoms with van der Waals surface area (Å²) < 4.78 is 25.2. The van der Waals surface area contributed by atoms with Crippen LogP contribution in [0.3, 0.4) is 0 Å². The number of nitro groups is 1. The van der Waals surface area contributed by atoms with Crippen LogP contribution in [0.2, 0.25) is 0 Å². The molecule has 0 amide bonds. The number of hydrogen-bond donors (Lipinski definition) is 1. The Morgan fingerprint density at radius 2 is 2.24 bits per heavy atom. The first-order valence-electron chi connectivity index (χ1n) is 8.94. The molecule has 1 atom stereocenters. The molecule has 0 radical (unpaired) electrons. The van der Waals surface area contributed by atoms with E-state index in [0.29, 0.717) is 30.5 Å². The number of nitrogens with zero attached hydrogens (tertiary/aromatic N) is 5. The third-order valence-corrected chi connectivity index (χ3v) is 7.31. The molecule has 11 heteroatoms. The molecule has 29 heavy (non-hydrogen) atoms. The maximum atomic E-state index is 13.2. The first-order valence-corrected chi connectivity index (χ1v) is 10.4. The number of benzene rings is 1. The fourth-order valence-corrected chi connectivity index (χ4v) is 5.38. The molecule has 1 unspecified atom stereocenters. The van der Waals surface area contributed by atoms with E-state index in [4.69, 9.17) is 5.53 Å². The number of hydrazone groups is 1. The third kappa shape index (κ3) is 4.30. The molecule has 0 saturated heterocycles. The van der Waals surface area contributed by atoms with E-state index in [1.807, 2.05) is 0 Å². The topological polar surface area (TPSA) is 150 Å². The Bertz CT molecular complexity index is 1090. The van der Waals surface area contributed by atoms with Crippen LogP contribution in [0.25, 0.3) is 10.4 Å². The first kappa shape index (κ1) is 20.6. The van der Waals surface area contributed by atoms with Crippen LogP contribution in [0.4, 0.5) is 5.69 Å². The molecule has 1 heterocycles. The number of sulfone groups is 1. The Labute approximate surface area is 167 Å². The van der Waals surface area contributed by atoms with Gasteiger partial charge in [-0.2, -0.15) is 5.10 Å². The van der Waals surface area contributed by atoms with Gasteiger partial charge < -0.3 is 5.43 Å². The highest BCUT2D eigenvalue weighted by molar-refractivity contribution is 8.07. The maximum absolute atomic E-state index is 13.2. The van der Waals surface area contributed by atoms with E-state index in [1.54, 1.807) is 31.2 Å². The second-order valence-electron chi connectivity index (χ2n) is 7.17. The number of allylic oxidation sites excluding steroid dienone is 1. The quantitative estimate of drug-likeness (QED) is 0.248. The third-order valence-electron chi connectivity index (χ3n) is 4.91. The van der Waals surface area contributed by atoms with E-state index in [9.17, 15) is 18.5 Å². The van der Waals surface area contributed by atoms with Crippen molar-refractivity contribution in [1.29, 1.82) is 0 Å². The highest BCUT2D eigenvalue weighted by Crippen LogP contribution is 2.36. The molecule has 1 aliphatic heterocycles. The van der Waals surface area contributed by atoms with Gasteiger partial charge in [0.1, 0.15) is 0 Å². The van der Waals surface area contributed by atoms with Gasteiger partial charge in [-0.3, -0.25) is 10.1 Å². The lowest BCUT2D eigenvalue weighted by Crippen LogP contribution is -2.40. The lowest BCUT2D eigenvalue weighted by Gasteiger charge is -2.31. The van der Waals surface area contributed by atoms with Crippen LogP contribution in [0.5, 0.6) is 0 Å². The van der Waals surface area contributed by atoms with Gasteiger partial charge in [-0.25, -0.2) is 8.42 Å². The molecule has 1 aromatic rings. The Morgan fingerprint density at radius 1 is 1.45 bits per heavy atom. The molecule has 0 saturated carbocycles. The monoisotopic (exact) mass is 416 g/mol. The molecule has 0 fully saturated rings. The summed E-state index contributed by atoms with van der Waals surface area (Å²) >= 11 is 0. The fourth-order valence-electron chi connectivity index (χ4n) is 3.61. The van der Waals surface area contributed by atoms with E-state index in [0.717, 1.165) is 5.57 Å². The van der Waals surface area contributed by atoms with Crippen LogP contribution in [0.15, 0.2) is 57.8 Å². The molecule has 152 valence electrons. The highest BCUT2D eigenvalue weighted by Gasteiger charge is 2.43. The molecule has 10 nitrogen and oxygen atoms in total. The van der Waals surface area contributed by atoms with Gasteiger partial charge in [-0.05, 0) is 36.4 Å². The van der Waals surface area contributed by atoms with Crippen LogP contribution in [-0.4, -0.2) is 36.2 Å². The summed E-state index contributed by atoms with van der Waals surface area (Å²) in [5, 5.41) is 18.6. The van der Waals surface area contributed by atoms with Gasteiger partial charge in [-0.15, -0.1) is 0 Å². The smallest absolute Gasteiger partial charge is 0.269 e. The van der Waals surface area contributed by atoms with Crippen LogP contribution in [-0.2, 0) is 16.3 Å². The van der Waals surface area contributed by atoms with Crippen molar-refractivity contribution in [2.75, 3.05) is 13.1 Å². The van der Waals surface area contributed by atoms with Crippen molar-refractivity contribution in [3.63, 3.8) is 0 Å². The van der Waals surface area contributed by atoms with Crippen molar-refractivity contribution in [1.82, 2.24) is 5.43 Å². The predicted molar refractivity (Wildman–Crippen MR) is 109 cm³/mol. The minimum absolute atomic E-state index is 0.0186. The van der Waals surface area contributed by atoms with Crippen LogP contribution < -0.4 is 5.43 Å². The summed E-state index contributed by atoms with van der Waals surface area (Å²) in [5.41, 5.74) is 13.4. The summed E-state index contributed by atoms with van der Waals surface area (Å²) in [6.45, 7) is 2.11. The van der Waals surface area contributed by atoms with Crippen LogP contribution >= 0.6 is 0 Å². The van der Waals surface area contributed by atoms with E-state index in [2.05, 4.69) is 20.6 Å². The van der Waals surface area contributed by atoms with E-state index in [1.165, 1.54) is 12.1 Å². The van der Waals surface area contributed by atoms with Gasteiger partial charge in [-0.1, -0.05) is 35.0 Å². The van der Waals surface area contributed by atoms with Crippen LogP contribution in [0.1, 0.15) is 25.3 Å². The fraction of sp³-hybridized carbons (Fsp3) is 0.389. The van der Waals surface area contributed by atoms with E-state index >= 15 is 0 Å². The average molecular weight is 416 g/mol. The summed E-state index contributed by atoms with van der Waals surface area (Å²) in [6.07, 6.45) is 4.32. The zero-order chi connectivity index (χ0) is 21.1. The minimum Gasteiger partial charge on any atom is -0.309 e. The average Bonchev–Trinajstić information content (AvgIpc) is 3.21. The van der Waals surface area contributed by atoms with E-state index < -0.39 is 19.5 Å². The number of nitro benzene ring substituents is 1. The molecule has 1 aromatic carbocycles. The molecular weight excluding hydrogens is 396 g/mol. The van der Waals surface area contributed by atoms with Crippen molar-refractivity contribution in [3.8, 4) is 0 Å². The molecular formula is C18H20N6O4S. The summed E-state index contributed by atoms with van der Waals surface area (Å²) in [7, 11) is -3.74. The number of azide groups is 1. The summed E-state index contributed by atoms with van der Waals surface area (Å²) in [6, 6.07) is 6.24. The molecule has 1 aliphatic carbocycles.